The number of nitrogens with one attached hydrogen (secondary N) is 1. The quantitative estimate of drug-likeness (QED) is 0.825. The van der Waals surface area contributed by atoms with Gasteiger partial charge in [-0.1, -0.05) is 25.0 Å². The maximum atomic E-state index is 13.1. The normalized spacial score (nSPS) is 15.9. The molecule has 1 aromatic carbocycles. The number of amides is 1. The molecule has 0 saturated heterocycles. The van der Waals surface area contributed by atoms with Gasteiger partial charge in [0.1, 0.15) is 5.75 Å². The first-order valence-corrected chi connectivity index (χ1v) is 9.36. The molecule has 24 heavy (non-hydrogen) atoms. The lowest BCUT2D eigenvalue weighted by Crippen LogP contribution is -2.38. The van der Waals surface area contributed by atoms with Gasteiger partial charge >= 0.3 is 0 Å². The summed E-state index contributed by atoms with van der Waals surface area (Å²) in [4.78, 5) is 17.4. The lowest BCUT2D eigenvalue weighted by molar-refractivity contribution is -0.121. The van der Waals surface area contributed by atoms with Gasteiger partial charge < -0.3 is 10.1 Å². The second kappa shape index (κ2) is 7.26. The van der Waals surface area contributed by atoms with Crippen LogP contribution in [0.3, 0.4) is 0 Å². The number of nitrogens with zero attached hydrogens (tertiary/aromatic N) is 1. The predicted molar refractivity (Wildman–Crippen MR) is 97.8 cm³/mol. The maximum absolute atomic E-state index is 13.1. The zero-order chi connectivity index (χ0) is 17.0. The number of benzene rings is 1. The van der Waals surface area contributed by atoms with Crippen LogP contribution in [0.15, 0.2) is 47.6 Å². The summed E-state index contributed by atoms with van der Waals surface area (Å²) in [5, 5.41) is 4.00. The Balaban J connectivity index is 1.87. The van der Waals surface area contributed by atoms with Crippen molar-refractivity contribution in [1.29, 1.82) is 0 Å². The zero-order valence-corrected chi connectivity index (χ0v) is 14.9. The number of methoxy groups -OCH3 is 1. The fourth-order valence-electron chi connectivity index (χ4n) is 3.37. The lowest BCUT2D eigenvalue weighted by Gasteiger charge is -2.28. The Morgan fingerprint density at radius 2 is 2.04 bits per heavy atom. The van der Waals surface area contributed by atoms with Crippen molar-refractivity contribution in [3.8, 4) is 5.75 Å². The van der Waals surface area contributed by atoms with E-state index in [1.807, 2.05) is 42.7 Å². The third-order valence-corrected chi connectivity index (χ3v) is 5.38. The zero-order valence-electron chi connectivity index (χ0n) is 14.0. The van der Waals surface area contributed by atoms with E-state index in [1.54, 1.807) is 25.1 Å². The third kappa shape index (κ3) is 3.26. The highest BCUT2D eigenvalue weighted by Gasteiger charge is 2.42. The molecular weight excluding hydrogens is 320 g/mol. The summed E-state index contributed by atoms with van der Waals surface area (Å²) in [5.41, 5.74) is 1.30. The molecule has 1 fully saturated rings. The molecule has 1 saturated carbocycles. The molecule has 1 aromatic heterocycles. The summed E-state index contributed by atoms with van der Waals surface area (Å²) in [7, 11) is 1.65. The van der Waals surface area contributed by atoms with Gasteiger partial charge in [0.15, 0.2) is 0 Å². The van der Waals surface area contributed by atoms with Crippen molar-refractivity contribution in [2.75, 3.05) is 18.7 Å². The molecule has 4 nitrogen and oxygen atoms in total. The third-order valence-electron chi connectivity index (χ3n) is 4.72. The van der Waals surface area contributed by atoms with Gasteiger partial charge in [-0.15, -0.1) is 11.8 Å². The molecule has 0 radical (unpaired) electrons. The van der Waals surface area contributed by atoms with Crippen LogP contribution in [0.2, 0.25) is 0 Å². The molecule has 0 bridgehead atoms. The lowest BCUT2D eigenvalue weighted by atomic mass is 9.78. The first-order chi connectivity index (χ1) is 11.7. The van der Waals surface area contributed by atoms with Crippen molar-refractivity contribution in [1.82, 2.24) is 4.98 Å². The first-order valence-electron chi connectivity index (χ1n) is 8.14. The second-order valence-corrected chi connectivity index (χ2v) is 6.89. The molecule has 126 valence electrons. The van der Waals surface area contributed by atoms with Crippen LogP contribution in [-0.4, -0.2) is 24.3 Å². The van der Waals surface area contributed by atoms with Gasteiger partial charge in [0.25, 0.3) is 0 Å². The van der Waals surface area contributed by atoms with Gasteiger partial charge in [0.05, 0.1) is 29.4 Å². The standard InChI is InChI=1S/C19H22N2O2S/c1-23-16-7-5-6-14(12-16)19(10-3-4-11-19)18(22)21-15-8-9-17(24-2)20-13-15/h5-9,12-13H,3-4,10-11H2,1-2H3,(H,21,22). The van der Waals surface area contributed by atoms with Crippen molar-refractivity contribution >= 4 is 23.4 Å². The summed E-state index contributed by atoms with van der Waals surface area (Å²) in [6.45, 7) is 0. The Bertz CT molecular complexity index is 710. The van der Waals surface area contributed by atoms with Gasteiger partial charge in [0, 0.05) is 0 Å². The van der Waals surface area contributed by atoms with Crippen LogP contribution in [0.1, 0.15) is 31.2 Å². The molecule has 1 aliphatic carbocycles. The molecule has 0 spiro atoms. The smallest absolute Gasteiger partial charge is 0.235 e. The fraction of sp³-hybridized carbons (Fsp3) is 0.368. The number of ether oxygens (including phenoxy) is 1. The number of thioether (sulfide) groups is 1. The average Bonchev–Trinajstić information content (AvgIpc) is 3.13. The van der Waals surface area contributed by atoms with E-state index in [9.17, 15) is 4.79 Å². The maximum Gasteiger partial charge on any atom is 0.235 e. The van der Waals surface area contributed by atoms with E-state index < -0.39 is 5.41 Å². The van der Waals surface area contributed by atoms with Gasteiger partial charge in [-0.05, 0) is 48.9 Å². The second-order valence-electron chi connectivity index (χ2n) is 6.06. The van der Waals surface area contributed by atoms with E-state index in [0.717, 1.165) is 47.7 Å². The molecule has 0 aliphatic heterocycles. The van der Waals surface area contributed by atoms with Gasteiger partial charge in [-0.2, -0.15) is 0 Å². The first kappa shape index (κ1) is 16.8. The average molecular weight is 342 g/mol. The van der Waals surface area contributed by atoms with E-state index in [1.165, 1.54) is 0 Å². The van der Waals surface area contributed by atoms with E-state index >= 15 is 0 Å². The minimum atomic E-state index is -0.479. The molecule has 1 aliphatic rings. The van der Waals surface area contributed by atoms with E-state index in [0.29, 0.717) is 0 Å². The molecule has 1 heterocycles. The van der Waals surface area contributed by atoms with Crippen molar-refractivity contribution < 1.29 is 9.53 Å². The Labute approximate surface area is 147 Å². The van der Waals surface area contributed by atoms with E-state index in [4.69, 9.17) is 4.74 Å². The molecule has 0 atom stereocenters. The van der Waals surface area contributed by atoms with Crippen molar-refractivity contribution in [2.24, 2.45) is 0 Å². The van der Waals surface area contributed by atoms with Crippen LogP contribution in [0.5, 0.6) is 5.75 Å². The van der Waals surface area contributed by atoms with Crippen molar-refractivity contribution in [3.63, 3.8) is 0 Å². The van der Waals surface area contributed by atoms with Crippen LogP contribution >= 0.6 is 11.8 Å². The van der Waals surface area contributed by atoms with Crippen LogP contribution in [-0.2, 0) is 10.2 Å². The van der Waals surface area contributed by atoms with Gasteiger partial charge in [-0.25, -0.2) is 4.98 Å². The molecule has 1 amide bonds. The predicted octanol–water partition coefficient (Wildman–Crippen LogP) is 4.26. The molecule has 5 heteroatoms. The van der Waals surface area contributed by atoms with E-state index in [2.05, 4.69) is 10.3 Å². The summed E-state index contributed by atoms with van der Waals surface area (Å²) in [5.74, 6) is 0.838. The number of aromatic nitrogens is 1. The Kier molecular flexibility index (Phi) is 5.09. The summed E-state index contributed by atoms with van der Waals surface area (Å²) >= 11 is 1.58. The topological polar surface area (TPSA) is 51.2 Å². The number of carbonyl (C=O) groups excluding carboxylic acids is 1. The van der Waals surface area contributed by atoms with Gasteiger partial charge in [-0.3, -0.25) is 4.79 Å². The molecular formula is C19H22N2O2S. The highest BCUT2D eigenvalue weighted by molar-refractivity contribution is 7.98. The SMILES string of the molecule is COc1cccc(C2(C(=O)Nc3ccc(SC)nc3)CCCC2)c1. The van der Waals surface area contributed by atoms with Crippen molar-refractivity contribution in [3.05, 3.63) is 48.2 Å². The number of carbonyl (C=O) groups is 1. The number of anilines is 1. The van der Waals surface area contributed by atoms with Crippen molar-refractivity contribution in [2.45, 2.75) is 36.1 Å². The fourth-order valence-corrected chi connectivity index (χ4v) is 3.73. The molecule has 0 unspecified atom stereocenters. The van der Waals surface area contributed by atoms with Crippen LogP contribution < -0.4 is 10.1 Å². The van der Waals surface area contributed by atoms with Crippen LogP contribution in [0.4, 0.5) is 5.69 Å². The Morgan fingerprint density at radius 3 is 2.67 bits per heavy atom. The largest absolute Gasteiger partial charge is 0.497 e. The minimum Gasteiger partial charge on any atom is -0.497 e. The summed E-state index contributed by atoms with van der Waals surface area (Å²) in [6.07, 6.45) is 7.56. The number of hydrogen-bond donors (Lipinski definition) is 1. The number of rotatable bonds is 5. The highest BCUT2D eigenvalue weighted by atomic mass is 32.2. The van der Waals surface area contributed by atoms with E-state index in [-0.39, 0.29) is 5.91 Å². The number of hydrogen-bond acceptors (Lipinski definition) is 4. The summed E-state index contributed by atoms with van der Waals surface area (Å²) < 4.78 is 5.34. The summed E-state index contributed by atoms with van der Waals surface area (Å²) in [6, 6.07) is 11.7. The number of pyridine rings is 1. The molecule has 1 N–H and O–H groups in total. The van der Waals surface area contributed by atoms with Gasteiger partial charge in [0.2, 0.25) is 5.91 Å². The Morgan fingerprint density at radius 1 is 1.25 bits per heavy atom. The Hall–Kier alpha value is -2.01. The molecule has 2 aromatic rings. The molecule has 3 rings (SSSR count). The highest BCUT2D eigenvalue weighted by Crippen LogP contribution is 2.43. The minimum absolute atomic E-state index is 0.0481. The monoisotopic (exact) mass is 342 g/mol. The van der Waals surface area contributed by atoms with Crippen LogP contribution in [0.25, 0.3) is 0 Å². The van der Waals surface area contributed by atoms with Crippen LogP contribution in [0, 0.1) is 0 Å².